The van der Waals surface area contributed by atoms with Crippen molar-refractivity contribution >= 4 is 23.9 Å². The summed E-state index contributed by atoms with van der Waals surface area (Å²) in [4.78, 5) is 22.0. The molecule has 4 nitrogen and oxygen atoms in total. The highest BCUT2D eigenvalue weighted by Gasteiger charge is 2.29. The molecule has 0 spiro atoms. The molecule has 1 rings (SSSR count). The first-order valence-corrected chi connectivity index (χ1v) is 5.74. The Bertz CT molecular complexity index is 454. The van der Waals surface area contributed by atoms with E-state index < -0.39 is 5.41 Å². The standard InChI is InChI=1S/C13H15ClO4/c1-13(2,12(16)17-3)8-18-11-5-4-9(7-15)6-10(11)14/h4-7H,8H2,1-3H3. The summed E-state index contributed by atoms with van der Waals surface area (Å²) in [6.45, 7) is 3.57. The van der Waals surface area contributed by atoms with E-state index in [1.165, 1.54) is 13.2 Å². The van der Waals surface area contributed by atoms with Crippen molar-refractivity contribution in [3.8, 4) is 5.75 Å². The van der Waals surface area contributed by atoms with Gasteiger partial charge in [-0.2, -0.15) is 0 Å². The number of halogens is 1. The van der Waals surface area contributed by atoms with E-state index in [0.717, 1.165) is 0 Å². The Labute approximate surface area is 111 Å². The first kappa shape index (κ1) is 14.5. The average molecular weight is 271 g/mol. The van der Waals surface area contributed by atoms with Crippen LogP contribution in [0.1, 0.15) is 24.2 Å². The molecule has 0 aliphatic heterocycles. The van der Waals surface area contributed by atoms with E-state index in [1.54, 1.807) is 26.0 Å². The van der Waals surface area contributed by atoms with Gasteiger partial charge in [0.05, 0.1) is 17.5 Å². The van der Waals surface area contributed by atoms with Crippen LogP contribution in [0.3, 0.4) is 0 Å². The van der Waals surface area contributed by atoms with Crippen molar-refractivity contribution in [1.82, 2.24) is 0 Å². The first-order chi connectivity index (χ1) is 8.40. The molecule has 0 fully saturated rings. The van der Waals surface area contributed by atoms with Gasteiger partial charge in [0.1, 0.15) is 18.6 Å². The number of aldehydes is 1. The maximum Gasteiger partial charge on any atom is 0.314 e. The topological polar surface area (TPSA) is 52.6 Å². The fourth-order valence-electron chi connectivity index (χ4n) is 1.30. The van der Waals surface area contributed by atoms with E-state index in [1.807, 2.05) is 0 Å². The van der Waals surface area contributed by atoms with Gasteiger partial charge in [0.2, 0.25) is 0 Å². The predicted molar refractivity (Wildman–Crippen MR) is 68.1 cm³/mol. The third-order valence-electron chi connectivity index (χ3n) is 2.42. The zero-order valence-corrected chi connectivity index (χ0v) is 11.3. The van der Waals surface area contributed by atoms with Crippen LogP contribution in [0.4, 0.5) is 0 Å². The van der Waals surface area contributed by atoms with Crippen molar-refractivity contribution in [2.45, 2.75) is 13.8 Å². The Morgan fingerprint density at radius 2 is 2.11 bits per heavy atom. The SMILES string of the molecule is COC(=O)C(C)(C)COc1ccc(C=O)cc1Cl. The number of rotatable bonds is 5. The molecule has 0 bridgehead atoms. The highest BCUT2D eigenvalue weighted by Crippen LogP contribution is 2.27. The zero-order valence-electron chi connectivity index (χ0n) is 10.5. The Morgan fingerprint density at radius 3 is 2.61 bits per heavy atom. The summed E-state index contributed by atoms with van der Waals surface area (Å²) in [5.74, 6) is 0.0716. The number of ether oxygens (including phenoxy) is 2. The van der Waals surface area contributed by atoms with Crippen LogP contribution in [0.15, 0.2) is 18.2 Å². The van der Waals surface area contributed by atoms with Gasteiger partial charge in [-0.15, -0.1) is 0 Å². The molecule has 0 amide bonds. The molecule has 1 aromatic carbocycles. The summed E-state index contributed by atoms with van der Waals surface area (Å²) in [6, 6.07) is 4.70. The predicted octanol–water partition coefficient (Wildman–Crippen LogP) is 2.73. The van der Waals surface area contributed by atoms with Gasteiger partial charge < -0.3 is 9.47 Å². The van der Waals surface area contributed by atoms with Crippen molar-refractivity contribution in [2.24, 2.45) is 5.41 Å². The summed E-state index contributed by atoms with van der Waals surface area (Å²) in [5, 5.41) is 0.334. The third kappa shape index (κ3) is 3.47. The molecule has 0 heterocycles. The van der Waals surface area contributed by atoms with Crippen LogP contribution in [-0.2, 0) is 9.53 Å². The van der Waals surface area contributed by atoms with Crippen LogP contribution in [0.25, 0.3) is 0 Å². The molecule has 18 heavy (non-hydrogen) atoms. The van der Waals surface area contributed by atoms with Crippen molar-refractivity contribution in [3.05, 3.63) is 28.8 Å². The largest absolute Gasteiger partial charge is 0.491 e. The van der Waals surface area contributed by atoms with E-state index >= 15 is 0 Å². The quantitative estimate of drug-likeness (QED) is 0.610. The Kier molecular flexibility index (Phi) is 4.73. The fourth-order valence-corrected chi connectivity index (χ4v) is 1.54. The zero-order chi connectivity index (χ0) is 13.8. The molecule has 5 heteroatoms. The molecule has 0 atom stereocenters. The maximum absolute atomic E-state index is 11.5. The minimum absolute atomic E-state index is 0.139. The Balaban J connectivity index is 2.75. The molecule has 0 N–H and O–H groups in total. The molecule has 0 aromatic heterocycles. The average Bonchev–Trinajstić information content (AvgIpc) is 2.36. The molecule has 0 radical (unpaired) electrons. The van der Waals surface area contributed by atoms with Gasteiger partial charge in [0.25, 0.3) is 0 Å². The van der Waals surface area contributed by atoms with Crippen LogP contribution in [0.5, 0.6) is 5.75 Å². The second-order valence-corrected chi connectivity index (χ2v) is 4.88. The molecule has 0 aliphatic carbocycles. The number of carbonyl (C=O) groups is 2. The lowest BCUT2D eigenvalue weighted by Gasteiger charge is -2.22. The molecule has 0 saturated carbocycles. The van der Waals surface area contributed by atoms with Gasteiger partial charge in [-0.05, 0) is 32.0 Å². The van der Waals surface area contributed by atoms with Crippen molar-refractivity contribution in [2.75, 3.05) is 13.7 Å². The van der Waals surface area contributed by atoms with Crippen molar-refractivity contribution < 1.29 is 19.1 Å². The monoisotopic (exact) mass is 270 g/mol. The van der Waals surface area contributed by atoms with Gasteiger partial charge in [-0.25, -0.2) is 0 Å². The normalized spacial score (nSPS) is 10.9. The molecule has 1 aromatic rings. The van der Waals surface area contributed by atoms with Gasteiger partial charge in [-0.3, -0.25) is 9.59 Å². The van der Waals surface area contributed by atoms with Crippen LogP contribution in [0.2, 0.25) is 5.02 Å². The van der Waals surface area contributed by atoms with Gasteiger partial charge in [0.15, 0.2) is 0 Å². The highest BCUT2D eigenvalue weighted by atomic mass is 35.5. The van der Waals surface area contributed by atoms with Crippen LogP contribution >= 0.6 is 11.6 Å². The summed E-state index contributed by atoms with van der Waals surface area (Å²) in [5.41, 5.74) is -0.291. The smallest absolute Gasteiger partial charge is 0.314 e. The van der Waals surface area contributed by atoms with Crippen LogP contribution in [0, 0.1) is 5.41 Å². The maximum atomic E-state index is 11.5. The van der Waals surface area contributed by atoms with Gasteiger partial charge >= 0.3 is 5.97 Å². The number of methoxy groups -OCH3 is 1. The number of benzene rings is 1. The summed E-state index contributed by atoms with van der Waals surface area (Å²) < 4.78 is 10.1. The lowest BCUT2D eigenvalue weighted by molar-refractivity contribution is -0.152. The summed E-state index contributed by atoms with van der Waals surface area (Å²) in [7, 11) is 1.33. The minimum Gasteiger partial charge on any atom is -0.491 e. The number of hydrogen-bond acceptors (Lipinski definition) is 4. The van der Waals surface area contributed by atoms with Gasteiger partial charge in [0, 0.05) is 5.56 Å². The minimum atomic E-state index is -0.762. The second kappa shape index (κ2) is 5.87. The number of carbonyl (C=O) groups excluding carboxylic acids is 2. The lowest BCUT2D eigenvalue weighted by Crippen LogP contribution is -2.32. The summed E-state index contributed by atoms with van der Waals surface area (Å²) in [6.07, 6.45) is 0.702. The van der Waals surface area contributed by atoms with E-state index in [9.17, 15) is 9.59 Å². The van der Waals surface area contributed by atoms with Crippen LogP contribution < -0.4 is 4.74 Å². The van der Waals surface area contributed by atoms with Crippen molar-refractivity contribution in [3.63, 3.8) is 0 Å². The van der Waals surface area contributed by atoms with Crippen molar-refractivity contribution in [1.29, 1.82) is 0 Å². The second-order valence-electron chi connectivity index (χ2n) is 4.47. The highest BCUT2D eigenvalue weighted by molar-refractivity contribution is 6.32. The first-order valence-electron chi connectivity index (χ1n) is 5.36. The molecule has 0 unspecified atom stereocenters. The van der Waals surface area contributed by atoms with E-state index in [2.05, 4.69) is 4.74 Å². The van der Waals surface area contributed by atoms with E-state index in [4.69, 9.17) is 16.3 Å². The molecule has 98 valence electrons. The number of esters is 1. The Morgan fingerprint density at radius 1 is 1.44 bits per heavy atom. The van der Waals surface area contributed by atoms with Gasteiger partial charge in [-0.1, -0.05) is 11.6 Å². The fraction of sp³-hybridized carbons (Fsp3) is 0.385. The third-order valence-corrected chi connectivity index (χ3v) is 2.71. The molecule has 0 aliphatic rings. The van der Waals surface area contributed by atoms with E-state index in [0.29, 0.717) is 22.6 Å². The van der Waals surface area contributed by atoms with Crippen LogP contribution in [-0.4, -0.2) is 26.0 Å². The summed E-state index contributed by atoms with van der Waals surface area (Å²) >= 11 is 5.95. The number of hydrogen-bond donors (Lipinski definition) is 0. The molecule has 0 saturated heterocycles. The lowest BCUT2D eigenvalue weighted by atomic mass is 9.95. The molecular formula is C13H15ClO4. The van der Waals surface area contributed by atoms with E-state index in [-0.39, 0.29) is 12.6 Å². The molecular weight excluding hydrogens is 256 g/mol. The Hall–Kier alpha value is -1.55.